The van der Waals surface area contributed by atoms with E-state index in [0.29, 0.717) is 18.8 Å². The number of benzene rings is 2. The van der Waals surface area contributed by atoms with Gasteiger partial charge in [0.05, 0.1) is 11.9 Å². The number of ether oxygens (including phenoxy) is 1. The van der Waals surface area contributed by atoms with Crippen molar-refractivity contribution in [2.75, 3.05) is 12.4 Å². The predicted octanol–water partition coefficient (Wildman–Crippen LogP) is 3.95. The number of halogens is 1. The number of rotatable bonds is 5. The molecule has 1 aliphatic rings. The average Bonchev–Trinajstić information content (AvgIpc) is 2.62. The fraction of sp³-hybridized carbons (Fsp3) is 0.316. The van der Waals surface area contributed by atoms with E-state index in [1.165, 1.54) is 23.9 Å². The summed E-state index contributed by atoms with van der Waals surface area (Å²) in [5.41, 5.74) is 0.953. The lowest BCUT2D eigenvalue weighted by molar-refractivity contribution is -0.120. The first-order valence-electron chi connectivity index (χ1n) is 8.05. The van der Waals surface area contributed by atoms with E-state index in [2.05, 4.69) is 5.32 Å². The Bertz CT molecular complexity index is 663. The maximum absolute atomic E-state index is 13.0. The molecular weight excluding hydrogens is 325 g/mol. The zero-order valence-electron chi connectivity index (χ0n) is 13.3. The van der Waals surface area contributed by atoms with Gasteiger partial charge in [0.2, 0.25) is 5.91 Å². The first-order valence-corrected chi connectivity index (χ1v) is 9.03. The van der Waals surface area contributed by atoms with Crippen LogP contribution >= 0.6 is 11.8 Å². The monoisotopic (exact) mass is 345 g/mol. The highest BCUT2D eigenvalue weighted by Gasteiger charge is 2.25. The van der Waals surface area contributed by atoms with Gasteiger partial charge in [0.1, 0.15) is 5.82 Å². The number of hydrogen-bond acceptors (Lipinski definition) is 3. The van der Waals surface area contributed by atoms with Crippen LogP contribution in [0.2, 0.25) is 0 Å². The van der Waals surface area contributed by atoms with Crippen molar-refractivity contribution in [3.63, 3.8) is 0 Å². The van der Waals surface area contributed by atoms with Gasteiger partial charge in [0, 0.05) is 17.5 Å². The van der Waals surface area contributed by atoms with Crippen LogP contribution in [-0.4, -0.2) is 24.3 Å². The Kier molecular flexibility index (Phi) is 5.88. The minimum Gasteiger partial charge on any atom is -0.373 e. The maximum Gasteiger partial charge on any atom is 0.230 e. The van der Waals surface area contributed by atoms with Crippen LogP contribution in [0.3, 0.4) is 0 Å². The second kappa shape index (κ2) is 8.31. The topological polar surface area (TPSA) is 38.3 Å². The molecule has 24 heavy (non-hydrogen) atoms. The number of carbonyl (C=O) groups is 1. The van der Waals surface area contributed by atoms with Crippen molar-refractivity contribution in [3.8, 4) is 0 Å². The van der Waals surface area contributed by atoms with Crippen LogP contribution < -0.4 is 5.32 Å². The molecule has 0 bridgehead atoms. The minimum atomic E-state index is -0.252. The lowest BCUT2D eigenvalue weighted by Gasteiger charge is -2.30. The molecule has 0 aromatic heterocycles. The third kappa shape index (κ3) is 4.82. The van der Waals surface area contributed by atoms with Crippen molar-refractivity contribution in [1.82, 2.24) is 5.32 Å². The van der Waals surface area contributed by atoms with E-state index in [4.69, 9.17) is 4.74 Å². The molecule has 2 aromatic carbocycles. The van der Waals surface area contributed by atoms with E-state index in [-0.39, 0.29) is 23.9 Å². The van der Waals surface area contributed by atoms with E-state index < -0.39 is 0 Å². The first-order chi connectivity index (χ1) is 11.7. The van der Waals surface area contributed by atoms with Crippen LogP contribution in [0, 0.1) is 5.82 Å². The highest BCUT2D eigenvalue weighted by Crippen LogP contribution is 2.28. The molecule has 2 aromatic rings. The smallest absolute Gasteiger partial charge is 0.230 e. The van der Waals surface area contributed by atoms with Crippen molar-refractivity contribution in [2.24, 2.45) is 0 Å². The number of hydrogen-bond donors (Lipinski definition) is 1. The average molecular weight is 345 g/mol. The van der Waals surface area contributed by atoms with Crippen molar-refractivity contribution < 1.29 is 13.9 Å². The number of thioether (sulfide) groups is 1. The highest BCUT2D eigenvalue weighted by molar-refractivity contribution is 8.00. The molecule has 5 heteroatoms. The third-order valence-electron chi connectivity index (χ3n) is 4.00. The number of nitrogens with one attached hydrogen (secondary N) is 1. The van der Waals surface area contributed by atoms with Crippen LogP contribution in [0.25, 0.3) is 0 Å². The molecule has 3 rings (SSSR count). The van der Waals surface area contributed by atoms with Gasteiger partial charge in [-0.05, 0) is 42.7 Å². The summed E-state index contributed by atoms with van der Waals surface area (Å²) < 4.78 is 18.8. The van der Waals surface area contributed by atoms with Crippen molar-refractivity contribution >= 4 is 17.7 Å². The number of carbonyl (C=O) groups excluding carboxylic acids is 1. The maximum atomic E-state index is 13.0. The lowest BCUT2D eigenvalue weighted by atomic mass is 9.97. The zero-order valence-corrected chi connectivity index (χ0v) is 14.1. The summed E-state index contributed by atoms with van der Waals surface area (Å²) in [5.74, 6) is 0.189. The summed E-state index contributed by atoms with van der Waals surface area (Å²) in [5, 5.41) is 3.09. The van der Waals surface area contributed by atoms with Crippen molar-refractivity contribution in [3.05, 3.63) is 66.0 Å². The van der Waals surface area contributed by atoms with Gasteiger partial charge in [0.15, 0.2) is 0 Å². The summed E-state index contributed by atoms with van der Waals surface area (Å²) in [6.07, 6.45) is 1.43. The highest BCUT2D eigenvalue weighted by atomic mass is 32.2. The molecule has 1 heterocycles. The van der Waals surface area contributed by atoms with Gasteiger partial charge in [-0.1, -0.05) is 30.3 Å². The Balaban J connectivity index is 1.49. The molecule has 0 saturated carbocycles. The van der Waals surface area contributed by atoms with E-state index >= 15 is 0 Å². The molecule has 1 amide bonds. The molecule has 126 valence electrons. The Labute approximate surface area is 145 Å². The van der Waals surface area contributed by atoms with Crippen LogP contribution in [0.1, 0.15) is 24.5 Å². The zero-order chi connectivity index (χ0) is 16.8. The first kappa shape index (κ1) is 17.0. The second-order valence-electron chi connectivity index (χ2n) is 5.80. The Morgan fingerprint density at radius 2 is 1.92 bits per heavy atom. The van der Waals surface area contributed by atoms with Crippen LogP contribution in [0.15, 0.2) is 59.5 Å². The lowest BCUT2D eigenvalue weighted by Crippen LogP contribution is -2.40. The normalized spacial score (nSPS) is 20.5. The van der Waals surface area contributed by atoms with E-state index in [1.54, 1.807) is 12.1 Å². The Morgan fingerprint density at radius 3 is 2.67 bits per heavy atom. The molecule has 2 atom stereocenters. The predicted molar refractivity (Wildman–Crippen MR) is 93.4 cm³/mol. The summed E-state index contributed by atoms with van der Waals surface area (Å²) in [7, 11) is 0. The second-order valence-corrected chi connectivity index (χ2v) is 6.85. The molecule has 3 nitrogen and oxygen atoms in total. The SMILES string of the molecule is O=C(CSc1ccccc1)N[C@@H]1CCO[C@H](c2ccc(F)cc2)C1. The van der Waals surface area contributed by atoms with Gasteiger partial charge >= 0.3 is 0 Å². The molecule has 1 fully saturated rings. The fourth-order valence-corrected chi connectivity index (χ4v) is 3.50. The standard InChI is InChI=1S/C19H20FNO2S/c20-15-8-6-14(7-9-15)18-12-16(10-11-23-18)21-19(22)13-24-17-4-2-1-3-5-17/h1-9,16,18H,10-13H2,(H,21,22)/t16-,18+/m1/s1. The molecular formula is C19H20FNO2S. The van der Waals surface area contributed by atoms with Gasteiger partial charge in [-0.15, -0.1) is 11.8 Å². The largest absolute Gasteiger partial charge is 0.373 e. The Hall–Kier alpha value is -1.85. The molecule has 1 aliphatic heterocycles. The van der Waals surface area contributed by atoms with Gasteiger partial charge in [-0.25, -0.2) is 4.39 Å². The molecule has 0 unspecified atom stereocenters. The van der Waals surface area contributed by atoms with Gasteiger partial charge < -0.3 is 10.1 Å². The van der Waals surface area contributed by atoms with Crippen molar-refractivity contribution in [1.29, 1.82) is 0 Å². The fourth-order valence-electron chi connectivity index (χ4n) is 2.77. The number of amides is 1. The van der Waals surface area contributed by atoms with Crippen LogP contribution in [-0.2, 0) is 9.53 Å². The third-order valence-corrected chi connectivity index (χ3v) is 5.02. The summed E-state index contributed by atoms with van der Waals surface area (Å²) >= 11 is 1.53. The Morgan fingerprint density at radius 1 is 1.17 bits per heavy atom. The van der Waals surface area contributed by atoms with Crippen molar-refractivity contribution in [2.45, 2.75) is 29.9 Å². The molecule has 0 radical (unpaired) electrons. The van der Waals surface area contributed by atoms with Gasteiger partial charge in [-0.2, -0.15) is 0 Å². The molecule has 0 spiro atoms. The molecule has 1 saturated heterocycles. The van der Waals surface area contributed by atoms with Crippen LogP contribution in [0.5, 0.6) is 0 Å². The summed E-state index contributed by atoms with van der Waals surface area (Å²) in [6, 6.07) is 16.4. The quantitative estimate of drug-likeness (QED) is 0.834. The van der Waals surface area contributed by atoms with Crippen LogP contribution in [0.4, 0.5) is 4.39 Å². The summed E-state index contributed by atoms with van der Waals surface area (Å²) in [6.45, 7) is 0.596. The van der Waals surface area contributed by atoms with Gasteiger partial charge in [0.25, 0.3) is 0 Å². The molecule has 0 aliphatic carbocycles. The van der Waals surface area contributed by atoms with Gasteiger partial charge in [-0.3, -0.25) is 4.79 Å². The summed E-state index contributed by atoms with van der Waals surface area (Å²) in [4.78, 5) is 13.2. The van der Waals surface area contributed by atoms with E-state index in [1.807, 2.05) is 30.3 Å². The minimum absolute atomic E-state index is 0.0357. The molecule has 1 N–H and O–H groups in total. The van der Waals surface area contributed by atoms with E-state index in [9.17, 15) is 9.18 Å². The van der Waals surface area contributed by atoms with E-state index in [0.717, 1.165) is 16.9 Å².